The molecule has 0 spiro atoms. The second-order valence-corrected chi connectivity index (χ2v) is 22.7. The molecule has 0 aromatic carbocycles. The SMILES string of the molecule is CC/C=C\C/C=C\C/C=C\C/C=C\CCCCC(=O)OC(COC(=O)CCCCCCCCCCCCCCC)COC(=O)CCCCCCCCCCCCCCCCCCCCC/C=C\CCCCCCCCCC. The average molecular weight is 1080 g/mol. The van der Waals surface area contributed by atoms with Crippen LogP contribution in [0.2, 0.25) is 0 Å². The van der Waals surface area contributed by atoms with Crippen LogP contribution in [0.25, 0.3) is 0 Å². The van der Waals surface area contributed by atoms with Gasteiger partial charge in [0.1, 0.15) is 13.2 Å². The monoisotopic (exact) mass is 1080 g/mol. The molecule has 0 aromatic heterocycles. The molecule has 1 atom stereocenters. The molecule has 0 aliphatic heterocycles. The summed E-state index contributed by atoms with van der Waals surface area (Å²) in [4.78, 5) is 38.3. The lowest BCUT2D eigenvalue weighted by molar-refractivity contribution is -0.167. The minimum atomic E-state index is -0.793. The summed E-state index contributed by atoms with van der Waals surface area (Å²) in [6, 6.07) is 0. The third-order valence-corrected chi connectivity index (χ3v) is 15.0. The number of unbranched alkanes of at least 4 members (excludes halogenated alkanes) is 41. The third-order valence-electron chi connectivity index (χ3n) is 15.0. The van der Waals surface area contributed by atoms with Crippen molar-refractivity contribution in [1.29, 1.82) is 0 Å². The maximum atomic E-state index is 12.9. The van der Waals surface area contributed by atoms with E-state index in [0.717, 1.165) is 77.0 Å². The van der Waals surface area contributed by atoms with Gasteiger partial charge in [0.05, 0.1) is 0 Å². The Labute approximate surface area is 479 Å². The summed E-state index contributed by atoms with van der Waals surface area (Å²) in [5.41, 5.74) is 0. The number of ether oxygens (including phenoxy) is 3. The fourth-order valence-electron chi connectivity index (χ4n) is 9.96. The number of carbonyl (C=O) groups is 3. The van der Waals surface area contributed by atoms with E-state index in [4.69, 9.17) is 14.2 Å². The van der Waals surface area contributed by atoms with Crippen molar-refractivity contribution in [3.8, 4) is 0 Å². The zero-order chi connectivity index (χ0) is 55.7. The molecule has 0 aliphatic rings. The Morgan fingerprint density at radius 1 is 0.273 bits per heavy atom. The Hall–Kier alpha value is -2.89. The highest BCUT2D eigenvalue weighted by atomic mass is 16.6. The van der Waals surface area contributed by atoms with Crippen molar-refractivity contribution in [2.75, 3.05) is 13.2 Å². The molecule has 0 radical (unpaired) electrons. The van der Waals surface area contributed by atoms with Crippen LogP contribution in [0.5, 0.6) is 0 Å². The number of hydrogen-bond acceptors (Lipinski definition) is 6. The molecule has 0 saturated heterocycles. The molecule has 6 heteroatoms. The molecule has 0 N–H and O–H groups in total. The van der Waals surface area contributed by atoms with Gasteiger partial charge in [-0.25, -0.2) is 0 Å². The first kappa shape index (κ1) is 74.1. The fourth-order valence-corrected chi connectivity index (χ4v) is 9.96. The van der Waals surface area contributed by atoms with Crippen molar-refractivity contribution in [2.45, 2.75) is 361 Å². The molecule has 0 rings (SSSR count). The quantitative estimate of drug-likeness (QED) is 0.0261. The lowest BCUT2D eigenvalue weighted by Crippen LogP contribution is -2.30. The molecule has 0 heterocycles. The summed E-state index contributed by atoms with van der Waals surface area (Å²) in [7, 11) is 0. The molecule has 0 amide bonds. The number of allylic oxidation sites excluding steroid dienone is 10. The molecule has 0 aromatic rings. The van der Waals surface area contributed by atoms with Crippen LogP contribution in [0, 0.1) is 0 Å². The topological polar surface area (TPSA) is 78.9 Å². The van der Waals surface area contributed by atoms with Crippen LogP contribution in [0.3, 0.4) is 0 Å². The van der Waals surface area contributed by atoms with Gasteiger partial charge in [0.25, 0.3) is 0 Å². The van der Waals surface area contributed by atoms with E-state index in [-0.39, 0.29) is 37.5 Å². The van der Waals surface area contributed by atoms with Gasteiger partial charge in [-0.15, -0.1) is 0 Å². The Balaban J connectivity index is 4.15. The molecule has 6 nitrogen and oxygen atoms in total. The molecular formula is C71H128O6. The zero-order valence-electron chi connectivity index (χ0n) is 51.5. The molecular weight excluding hydrogens is 949 g/mol. The molecule has 1 unspecified atom stereocenters. The molecule has 0 aliphatic carbocycles. The standard InChI is InChI=1S/C71H128O6/c1-4-7-10-13-16-19-22-25-27-28-29-30-31-32-33-34-35-36-37-38-39-40-41-42-44-46-49-52-55-58-61-64-70(73)76-67-68(66-75-69(72)63-60-57-54-51-48-45-24-21-18-15-12-9-6-3)77-71(74)65-62-59-56-53-50-47-43-26-23-20-17-14-11-8-5-2/h8,11,17,20,26,28-29,43,50,53,68H,4-7,9-10,12-16,18-19,21-25,27,30-42,44-49,51-52,54-67H2,1-3H3/b11-8-,20-17-,29-28-,43-26-,53-50-. The third kappa shape index (κ3) is 63.8. The van der Waals surface area contributed by atoms with Gasteiger partial charge < -0.3 is 14.2 Å². The van der Waals surface area contributed by atoms with Crippen molar-refractivity contribution >= 4 is 17.9 Å². The predicted octanol–water partition coefficient (Wildman–Crippen LogP) is 23.1. The van der Waals surface area contributed by atoms with Gasteiger partial charge in [-0.1, -0.05) is 313 Å². The Bertz CT molecular complexity index is 1380. The predicted molar refractivity (Wildman–Crippen MR) is 335 cm³/mol. The maximum absolute atomic E-state index is 12.9. The van der Waals surface area contributed by atoms with E-state index in [1.54, 1.807) is 0 Å². The second-order valence-electron chi connectivity index (χ2n) is 22.7. The van der Waals surface area contributed by atoms with Crippen LogP contribution in [0.1, 0.15) is 355 Å². The van der Waals surface area contributed by atoms with Gasteiger partial charge in [-0.05, 0) is 83.5 Å². The maximum Gasteiger partial charge on any atom is 0.306 e. The van der Waals surface area contributed by atoms with E-state index in [1.807, 2.05) is 0 Å². The van der Waals surface area contributed by atoms with E-state index in [9.17, 15) is 14.4 Å². The highest BCUT2D eigenvalue weighted by Gasteiger charge is 2.19. The molecule has 0 saturated carbocycles. The number of hydrogen-bond donors (Lipinski definition) is 0. The summed E-state index contributed by atoms with van der Waals surface area (Å²) in [5, 5.41) is 0. The van der Waals surface area contributed by atoms with Gasteiger partial charge in [0.2, 0.25) is 0 Å². The van der Waals surface area contributed by atoms with E-state index >= 15 is 0 Å². The second kappa shape index (κ2) is 65.6. The molecule has 0 fully saturated rings. The largest absolute Gasteiger partial charge is 0.462 e. The summed E-state index contributed by atoms with van der Waals surface area (Å²) in [6.45, 7) is 6.54. The molecule has 77 heavy (non-hydrogen) atoms. The fraction of sp³-hybridized carbons (Fsp3) is 0.817. The van der Waals surface area contributed by atoms with E-state index in [2.05, 4.69) is 81.5 Å². The van der Waals surface area contributed by atoms with Gasteiger partial charge in [-0.3, -0.25) is 14.4 Å². The van der Waals surface area contributed by atoms with Crippen LogP contribution >= 0.6 is 0 Å². The van der Waals surface area contributed by atoms with Crippen molar-refractivity contribution in [2.24, 2.45) is 0 Å². The summed E-state index contributed by atoms with van der Waals surface area (Å²) >= 11 is 0. The van der Waals surface area contributed by atoms with Gasteiger partial charge in [0, 0.05) is 19.3 Å². The summed E-state index contributed by atoms with van der Waals surface area (Å²) in [5.74, 6) is -0.909. The van der Waals surface area contributed by atoms with Crippen molar-refractivity contribution in [3.05, 3.63) is 60.8 Å². The van der Waals surface area contributed by atoms with Gasteiger partial charge >= 0.3 is 17.9 Å². The smallest absolute Gasteiger partial charge is 0.306 e. The first-order valence-corrected chi connectivity index (χ1v) is 33.8. The molecule has 448 valence electrons. The van der Waals surface area contributed by atoms with Gasteiger partial charge in [0.15, 0.2) is 6.10 Å². The van der Waals surface area contributed by atoms with Crippen molar-refractivity contribution < 1.29 is 28.6 Å². The number of rotatable bonds is 62. The Morgan fingerprint density at radius 2 is 0.506 bits per heavy atom. The Kier molecular flexibility index (Phi) is 63.2. The van der Waals surface area contributed by atoms with Crippen LogP contribution in [-0.2, 0) is 28.6 Å². The van der Waals surface area contributed by atoms with Crippen molar-refractivity contribution in [1.82, 2.24) is 0 Å². The van der Waals surface area contributed by atoms with Crippen LogP contribution < -0.4 is 0 Å². The lowest BCUT2D eigenvalue weighted by Gasteiger charge is -2.18. The lowest BCUT2D eigenvalue weighted by atomic mass is 10.0. The average Bonchev–Trinajstić information content (AvgIpc) is 3.43. The van der Waals surface area contributed by atoms with Crippen LogP contribution in [0.4, 0.5) is 0 Å². The van der Waals surface area contributed by atoms with Gasteiger partial charge in [-0.2, -0.15) is 0 Å². The highest BCUT2D eigenvalue weighted by Crippen LogP contribution is 2.18. The van der Waals surface area contributed by atoms with Crippen LogP contribution in [0.15, 0.2) is 60.8 Å². The first-order chi connectivity index (χ1) is 38.0. The van der Waals surface area contributed by atoms with E-state index in [0.29, 0.717) is 19.3 Å². The summed E-state index contributed by atoms with van der Waals surface area (Å²) in [6.07, 6.45) is 84.1. The minimum absolute atomic E-state index is 0.0867. The van der Waals surface area contributed by atoms with E-state index in [1.165, 1.54) is 231 Å². The summed E-state index contributed by atoms with van der Waals surface area (Å²) < 4.78 is 16.9. The van der Waals surface area contributed by atoms with E-state index < -0.39 is 6.10 Å². The normalized spacial score (nSPS) is 12.4. The Morgan fingerprint density at radius 3 is 0.831 bits per heavy atom. The van der Waals surface area contributed by atoms with Crippen LogP contribution in [-0.4, -0.2) is 37.2 Å². The number of esters is 3. The number of carbonyl (C=O) groups excluding carboxylic acids is 3. The molecule has 0 bridgehead atoms. The van der Waals surface area contributed by atoms with Crippen molar-refractivity contribution in [3.63, 3.8) is 0 Å². The zero-order valence-corrected chi connectivity index (χ0v) is 51.5. The minimum Gasteiger partial charge on any atom is -0.462 e. The highest BCUT2D eigenvalue weighted by molar-refractivity contribution is 5.71. The first-order valence-electron chi connectivity index (χ1n) is 33.8.